The van der Waals surface area contributed by atoms with Crippen molar-refractivity contribution in [3.05, 3.63) is 177 Å². The molecule has 0 aliphatic carbocycles. The van der Waals surface area contributed by atoms with Crippen LogP contribution in [0, 0.1) is 24.2 Å². The number of anilines is 6. The van der Waals surface area contributed by atoms with Crippen molar-refractivity contribution in [3.63, 3.8) is 0 Å². The molecule has 0 bridgehead atoms. The topological polar surface area (TPSA) is 159 Å². The van der Waals surface area contributed by atoms with E-state index in [1.807, 2.05) is 130 Å². The third kappa shape index (κ3) is 10.6. The van der Waals surface area contributed by atoms with Crippen LogP contribution in [0.5, 0.6) is 0 Å². The lowest BCUT2D eigenvalue weighted by atomic mass is 10.1. The van der Waals surface area contributed by atoms with Gasteiger partial charge in [0.1, 0.15) is 36.4 Å². The summed E-state index contributed by atoms with van der Waals surface area (Å²) in [6, 6.07) is 39.1. The first-order valence-electron chi connectivity index (χ1n) is 23.2. The first-order valence-corrected chi connectivity index (χ1v) is 25.1. The lowest BCUT2D eigenvalue weighted by molar-refractivity contribution is -0.228. The fourth-order valence-corrected chi connectivity index (χ4v) is 9.14. The number of hydrogen-bond acceptors (Lipinski definition) is 13. The molecule has 0 fully saturated rings. The van der Waals surface area contributed by atoms with Gasteiger partial charge in [0, 0.05) is 85.0 Å². The summed E-state index contributed by atoms with van der Waals surface area (Å²) in [6.45, 7) is 0.616. The molecular formula is C55H38BrCl3F3N15O. The molecule has 0 spiro atoms. The van der Waals surface area contributed by atoms with Crippen LogP contribution in [0.2, 0.25) is 15.1 Å². The Morgan fingerprint density at radius 1 is 0.538 bits per heavy atom. The van der Waals surface area contributed by atoms with E-state index in [1.54, 1.807) is 65.4 Å². The van der Waals surface area contributed by atoms with Crippen LogP contribution in [0.15, 0.2) is 151 Å². The monoisotopic (exact) mass is 1170 g/mol. The molecule has 0 saturated carbocycles. The number of aromatic nitrogens is 12. The van der Waals surface area contributed by atoms with E-state index in [1.165, 1.54) is 6.33 Å². The molecule has 12 rings (SSSR count). The molecule has 23 heteroatoms. The Morgan fingerprint density at radius 3 is 1.29 bits per heavy atom. The van der Waals surface area contributed by atoms with E-state index in [9.17, 15) is 18.3 Å². The summed E-state index contributed by atoms with van der Waals surface area (Å²) in [5.41, 5.74) is 3.18. The molecule has 1 atom stereocenters. The lowest BCUT2D eigenvalue weighted by Gasteiger charge is -2.21. The Hall–Kier alpha value is -8.63. The molecule has 388 valence electrons. The second-order valence-electron chi connectivity index (χ2n) is 17.5. The van der Waals surface area contributed by atoms with Crippen molar-refractivity contribution in [1.82, 2.24) is 58.7 Å². The summed E-state index contributed by atoms with van der Waals surface area (Å²) in [5, 5.41) is 38.0. The molecule has 1 N–H and O–H groups in total. The first kappa shape index (κ1) is 52.8. The average Bonchev–Trinajstić information content (AvgIpc) is 4.25. The van der Waals surface area contributed by atoms with Gasteiger partial charge in [0.2, 0.25) is 5.60 Å². The number of benzene rings is 6. The molecule has 78 heavy (non-hydrogen) atoms. The molecule has 0 saturated heterocycles. The van der Waals surface area contributed by atoms with Crippen molar-refractivity contribution in [2.45, 2.75) is 18.7 Å². The summed E-state index contributed by atoms with van der Waals surface area (Å²) >= 11 is 22.0. The smallest absolute Gasteiger partial charge is 0.370 e. The van der Waals surface area contributed by atoms with Crippen molar-refractivity contribution in [2.24, 2.45) is 0 Å². The average molecular weight is 1170 g/mol. The van der Waals surface area contributed by atoms with E-state index >= 15 is 0 Å². The zero-order valence-electron chi connectivity index (χ0n) is 41.2. The standard InChI is InChI=1S/C21H15ClF3N5O.C18H12ClN5.C16H11BrClN5/c1-20(31,21(23,24)25)9-8-13-4-3-5-15(10-13)29(2)18-16-7-6-14(22)11-17(16)30-12-26-28-19(30)27-18;1-3-12-5-4-6-14(9-12)23(2)17-15-8-7-13(19)10-16(15)24-11-20-22-18(24)21-17;1-22(12-4-2-3-10(17)7-12)15-13-6-5-11(18)8-14(13)23-9-19-21-16(23)20-15/h3-7,10-12,31H,1-2H3;1,4-11H,2H3;2-9H,1H3. The molecule has 0 amide bonds. The Kier molecular flexibility index (Phi) is 14.5. The summed E-state index contributed by atoms with van der Waals surface area (Å²) in [6.07, 6.45) is 5.46. The molecular weight excluding hydrogens is 1130 g/mol. The minimum atomic E-state index is -4.85. The molecule has 0 aliphatic heterocycles. The largest absolute Gasteiger partial charge is 0.428 e. The van der Waals surface area contributed by atoms with Crippen LogP contribution in [0.25, 0.3) is 50.0 Å². The number of nitrogens with zero attached hydrogens (tertiary/aromatic N) is 15. The van der Waals surface area contributed by atoms with E-state index in [0.717, 1.165) is 65.8 Å². The number of fused-ring (bicyclic) bond motifs is 9. The fraction of sp³-hybridized carbons (Fsp3) is 0.109. The van der Waals surface area contributed by atoms with Gasteiger partial charge in [-0.15, -0.1) is 37.0 Å². The maximum absolute atomic E-state index is 12.9. The maximum Gasteiger partial charge on any atom is 0.428 e. The van der Waals surface area contributed by atoms with Gasteiger partial charge in [0.25, 0.3) is 17.3 Å². The molecule has 6 heterocycles. The van der Waals surface area contributed by atoms with Crippen LogP contribution in [-0.2, 0) is 0 Å². The molecule has 0 aliphatic rings. The number of aliphatic hydroxyl groups is 1. The third-order valence-electron chi connectivity index (χ3n) is 12.4. The van der Waals surface area contributed by atoms with Crippen molar-refractivity contribution < 1.29 is 18.3 Å². The van der Waals surface area contributed by atoms with Gasteiger partial charge in [-0.3, -0.25) is 13.2 Å². The highest BCUT2D eigenvalue weighted by Gasteiger charge is 2.49. The van der Waals surface area contributed by atoms with Gasteiger partial charge in [-0.25, -0.2) is 0 Å². The Morgan fingerprint density at radius 2 is 0.910 bits per heavy atom. The van der Waals surface area contributed by atoms with Gasteiger partial charge in [0.15, 0.2) is 0 Å². The van der Waals surface area contributed by atoms with Gasteiger partial charge in [-0.1, -0.05) is 86.7 Å². The normalized spacial score (nSPS) is 12.1. The number of halogens is 7. The van der Waals surface area contributed by atoms with Gasteiger partial charge in [0.05, 0.1) is 16.6 Å². The van der Waals surface area contributed by atoms with Crippen molar-refractivity contribution in [3.8, 4) is 24.2 Å². The zero-order valence-corrected chi connectivity index (χ0v) is 45.1. The minimum absolute atomic E-state index is 0.310. The second-order valence-corrected chi connectivity index (χ2v) is 19.7. The highest BCUT2D eigenvalue weighted by atomic mass is 79.9. The molecule has 12 aromatic rings. The van der Waals surface area contributed by atoms with Gasteiger partial charge in [-0.05, 0) is 116 Å². The van der Waals surface area contributed by atoms with Crippen LogP contribution < -0.4 is 14.7 Å². The van der Waals surface area contributed by atoms with Crippen molar-refractivity contribution in [1.29, 1.82) is 0 Å². The highest BCUT2D eigenvalue weighted by molar-refractivity contribution is 9.10. The third-order valence-corrected chi connectivity index (χ3v) is 13.6. The van der Waals surface area contributed by atoms with Gasteiger partial charge >= 0.3 is 6.18 Å². The van der Waals surface area contributed by atoms with Crippen LogP contribution >= 0.6 is 50.7 Å². The summed E-state index contributed by atoms with van der Waals surface area (Å²) < 4.78 is 44.9. The number of terminal acetylenes is 1. The number of hydrogen-bond donors (Lipinski definition) is 1. The van der Waals surface area contributed by atoms with E-state index in [2.05, 4.69) is 73.3 Å². The molecule has 6 aromatic heterocycles. The molecule has 16 nitrogen and oxygen atoms in total. The SMILES string of the molecule is C#Cc1cccc(N(C)c2nc3nncn3c3cc(Cl)ccc23)c1.CN(c1cccc(Br)c1)c1nc2nncn2c2cc(Cl)ccc12.CN(c1cccc(C#CC(C)(O)C(F)(F)F)c1)c1nc2nncn2c2cc(Cl)ccc12. The first-order chi connectivity index (χ1) is 37.4. The van der Waals surface area contributed by atoms with Crippen LogP contribution in [0.4, 0.5) is 47.7 Å². The fourth-order valence-electron chi connectivity index (χ4n) is 8.25. The summed E-state index contributed by atoms with van der Waals surface area (Å²) in [5.74, 6) is 10.5. The Labute approximate surface area is 465 Å². The molecule has 6 aromatic carbocycles. The van der Waals surface area contributed by atoms with Crippen LogP contribution in [0.1, 0.15) is 18.1 Å². The van der Waals surface area contributed by atoms with E-state index in [-0.39, 0.29) is 0 Å². The second kappa shape index (κ2) is 21.4. The van der Waals surface area contributed by atoms with Crippen molar-refractivity contribution >= 4 is 135 Å². The van der Waals surface area contributed by atoms with Crippen LogP contribution in [0.3, 0.4) is 0 Å². The maximum atomic E-state index is 12.9. The Bertz CT molecular complexity index is 4380. The van der Waals surface area contributed by atoms with Crippen molar-refractivity contribution in [2.75, 3.05) is 35.8 Å². The van der Waals surface area contributed by atoms with Gasteiger partial charge < -0.3 is 19.8 Å². The minimum Gasteiger partial charge on any atom is -0.370 e. The van der Waals surface area contributed by atoms with E-state index in [0.29, 0.717) is 56.4 Å². The van der Waals surface area contributed by atoms with Gasteiger partial charge in [-0.2, -0.15) is 28.1 Å². The predicted octanol–water partition coefficient (Wildman–Crippen LogP) is 12.5. The predicted molar refractivity (Wildman–Crippen MR) is 303 cm³/mol. The highest BCUT2D eigenvalue weighted by Crippen LogP contribution is 2.36. The van der Waals surface area contributed by atoms with E-state index < -0.39 is 11.8 Å². The quantitative estimate of drug-likeness (QED) is 0.157. The summed E-state index contributed by atoms with van der Waals surface area (Å²) in [7, 11) is 5.69. The van der Waals surface area contributed by atoms with E-state index in [4.69, 9.17) is 41.2 Å². The number of alkyl halides is 3. The van der Waals surface area contributed by atoms with Crippen LogP contribution in [-0.4, -0.2) is 96.8 Å². The number of rotatable bonds is 6. The Balaban J connectivity index is 0.000000134. The lowest BCUT2D eigenvalue weighted by Crippen LogP contribution is -2.40. The molecule has 1 unspecified atom stereocenters. The zero-order chi connectivity index (χ0) is 55.0. The molecule has 0 radical (unpaired) electrons. The summed E-state index contributed by atoms with van der Waals surface area (Å²) in [4.78, 5) is 19.6.